The largest absolute Gasteiger partial charge is 0.497 e. The van der Waals surface area contributed by atoms with E-state index in [4.69, 9.17) is 25.8 Å². The van der Waals surface area contributed by atoms with Crippen molar-refractivity contribution in [1.29, 1.82) is 0 Å². The molecule has 2 aromatic carbocycles. The molecule has 1 amide bonds. The van der Waals surface area contributed by atoms with Gasteiger partial charge in [-0.05, 0) is 49.6 Å². The first-order valence-electron chi connectivity index (χ1n) is 10.5. The zero-order valence-corrected chi connectivity index (χ0v) is 19.4. The lowest BCUT2D eigenvalue weighted by atomic mass is 9.76. The second kappa shape index (κ2) is 8.87. The van der Waals surface area contributed by atoms with Crippen LogP contribution in [-0.4, -0.2) is 33.0 Å². The predicted molar refractivity (Wildman–Crippen MR) is 123 cm³/mol. The average molecular weight is 456 g/mol. The smallest absolute Gasteiger partial charge is 0.232 e. The number of Topliss-reactive ketones (excluding diaryl/α,β-unsaturated/α-hetero) is 1. The van der Waals surface area contributed by atoms with Crippen LogP contribution in [0.3, 0.4) is 0 Å². The number of rotatable bonds is 5. The van der Waals surface area contributed by atoms with Crippen LogP contribution < -0.4 is 19.1 Å². The van der Waals surface area contributed by atoms with E-state index in [2.05, 4.69) is 0 Å². The van der Waals surface area contributed by atoms with Crippen molar-refractivity contribution in [2.45, 2.75) is 38.5 Å². The van der Waals surface area contributed by atoms with Crippen LogP contribution in [0.15, 0.2) is 41.6 Å². The van der Waals surface area contributed by atoms with Gasteiger partial charge in [0, 0.05) is 46.7 Å². The van der Waals surface area contributed by atoms with E-state index in [0.29, 0.717) is 52.8 Å². The van der Waals surface area contributed by atoms with Gasteiger partial charge in [-0.15, -0.1) is 0 Å². The molecule has 1 heterocycles. The van der Waals surface area contributed by atoms with Crippen molar-refractivity contribution < 1.29 is 23.8 Å². The lowest BCUT2D eigenvalue weighted by molar-refractivity contribution is -0.120. The molecule has 1 unspecified atom stereocenters. The van der Waals surface area contributed by atoms with Gasteiger partial charge in [-0.1, -0.05) is 11.6 Å². The number of allylic oxidation sites excluding steroid dienone is 2. The highest BCUT2D eigenvalue weighted by Gasteiger charge is 2.41. The molecule has 0 bridgehead atoms. The Morgan fingerprint density at radius 2 is 1.72 bits per heavy atom. The Morgan fingerprint density at radius 1 is 0.969 bits per heavy atom. The summed E-state index contributed by atoms with van der Waals surface area (Å²) in [6.45, 7) is 1.88. The second-order valence-corrected chi connectivity index (χ2v) is 8.41. The van der Waals surface area contributed by atoms with Crippen LogP contribution in [0, 0.1) is 6.92 Å². The Morgan fingerprint density at radius 3 is 2.41 bits per heavy atom. The van der Waals surface area contributed by atoms with E-state index in [1.54, 1.807) is 38.4 Å². The predicted octanol–water partition coefficient (Wildman–Crippen LogP) is 5.20. The fraction of sp³-hybridized carbons (Fsp3) is 0.360. The molecule has 0 saturated carbocycles. The first kappa shape index (κ1) is 22.2. The number of halogens is 1. The van der Waals surface area contributed by atoms with Gasteiger partial charge in [0.2, 0.25) is 5.91 Å². The zero-order chi connectivity index (χ0) is 23.0. The van der Waals surface area contributed by atoms with Crippen molar-refractivity contribution in [3.8, 4) is 17.2 Å². The third-order valence-corrected chi connectivity index (χ3v) is 6.60. The molecule has 1 aliphatic heterocycles. The fourth-order valence-corrected chi connectivity index (χ4v) is 4.79. The first-order valence-corrected chi connectivity index (χ1v) is 10.9. The first-order chi connectivity index (χ1) is 15.4. The molecular formula is C25H26ClNO5. The summed E-state index contributed by atoms with van der Waals surface area (Å²) in [5.41, 5.74) is 3.61. The van der Waals surface area contributed by atoms with Crippen molar-refractivity contribution in [3.05, 3.63) is 57.8 Å². The number of ketones is 1. The highest BCUT2D eigenvalue weighted by atomic mass is 35.5. The quantitative estimate of drug-likeness (QED) is 0.619. The second-order valence-electron chi connectivity index (χ2n) is 8.00. The molecular weight excluding hydrogens is 430 g/mol. The molecule has 1 atom stereocenters. The molecule has 0 radical (unpaired) electrons. The molecule has 6 nitrogen and oxygen atoms in total. The van der Waals surface area contributed by atoms with Gasteiger partial charge in [0.05, 0.1) is 27.0 Å². The molecule has 0 saturated heterocycles. The Kier molecular flexibility index (Phi) is 6.15. The summed E-state index contributed by atoms with van der Waals surface area (Å²) in [5, 5.41) is 0.558. The fourth-order valence-electron chi connectivity index (χ4n) is 4.64. The highest BCUT2D eigenvalue weighted by molar-refractivity contribution is 6.31. The van der Waals surface area contributed by atoms with Gasteiger partial charge in [0.1, 0.15) is 17.2 Å². The SMILES string of the molecule is COc1ccc(OC)c(C2CC(=O)N(c3cc(C)c(Cl)cc3OC)C3=C2C(=O)CCC3)c1. The van der Waals surface area contributed by atoms with E-state index in [0.717, 1.165) is 16.8 Å². The number of ether oxygens (including phenoxy) is 3. The summed E-state index contributed by atoms with van der Waals surface area (Å²) in [7, 11) is 4.72. The summed E-state index contributed by atoms with van der Waals surface area (Å²) >= 11 is 6.29. The van der Waals surface area contributed by atoms with Crippen LogP contribution in [0.2, 0.25) is 5.02 Å². The topological polar surface area (TPSA) is 65.1 Å². The highest BCUT2D eigenvalue weighted by Crippen LogP contribution is 2.48. The summed E-state index contributed by atoms with van der Waals surface area (Å²) in [4.78, 5) is 28.4. The molecule has 7 heteroatoms. The standard InChI is InChI=1S/C25H26ClNO5/c1-14-10-20(23(32-4)13-18(14)26)27-19-6-5-7-21(28)25(19)17(12-24(27)29)16-11-15(30-2)8-9-22(16)31-3/h8-11,13,17H,5-7,12H2,1-4H3. The van der Waals surface area contributed by atoms with Crippen LogP contribution in [0.4, 0.5) is 5.69 Å². The number of methoxy groups -OCH3 is 3. The molecule has 2 aliphatic rings. The van der Waals surface area contributed by atoms with Gasteiger partial charge in [0.15, 0.2) is 5.78 Å². The van der Waals surface area contributed by atoms with Gasteiger partial charge in [-0.2, -0.15) is 0 Å². The summed E-state index contributed by atoms with van der Waals surface area (Å²) in [6.07, 6.45) is 1.91. The maximum Gasteiger partial charge on any atom is 0.232 e. The molecule has 0 N–H and O–H groups in total. The number of carbonyl (C=O) groups excluding carboxylic acids is 2. The van der Waals surface area contributed by atoms with Crippen molar-refractivity contribution in [1.82, 2.24) is 0 Å². The average Bonchev–Trinajstić information content (AvgIpc) is 2.80. The monoisotopic (exact) mass is 455 g/mol. The Labute approximate surface area is 192 Å². The van der Waals surface area contributed by atoms with Gasteiger partial charge in [-0.25, -0.2) is 0 Å². The van der Waals surface area contributed by atoms with Crippen LogP contribution in [0.5, 0.6) is 17.2 Å². The normalized spacial score (nSPS) is 18.5. The van der Waals surface area contributed by atoms with E-state index in [-0.39, 0.29) is 18.1 Å². The molecule has 0 spiro atoms. The number of carbonyl (C=O) groups is 2. The van der Waals surface area contributed by atoms with Crippen molar-refractivity contribution >= 4 is 29.0 Å². The number of hydrogen-bond acceptors (Lipinski definition) is 5. The summed E-state index contributed by atoms with van der Waals surface area (Å²) < 4.78 is 16.5. The van der Waals surface area contributed by atoms with E-state index in [9.17, 15) is 9.59 Å². The third kappa shape index (κ3) is 3.73. The van der Waals surface area contributed by atoms with Gasteiger partial charge >= 0.3 is 0 Å². The van der Waals surface area contributed by atoms with Crippen molar-refractivity contribution in [2.24, 2.45) is 0 Å². The number of anilines is 1. The summed E-state index contributed by atoms with van der Waals surface area (Å²) in [6, 6.07) is 9.02. The molecule has 168 valence electrons. The maximum atomic E-state index is 13.6. The molecule has 32 heavy (non-hydrogen) atoms. The van der Waals surface area contributed by atoms with Crippen LogP contribution >= 0.6 is 11.6 Å². The lowest BCUT2D eigenvalue weighted by Crippen LogP contribution is -2.40. The number of amides is 1. The van der Waals surface area contributed by atoms with E-state index in [1.165, 1.54) is 0 Å². The van der Waals surface area contributed by atoms with Crippen molar-refractivity contribution in [3.63, 3.8) is 0 Å². The Balaban J connectivity index is 1.93. The molecule has 1 aliphatic carbocycles. The van der Waals surface area contributed by atoms with Crippen molar-refractivity contribution in [2.75, 3.05) is 26.2 Å². The molecule has 0 aromatic heterocycles. The lowest BCUT2D eigenvalue weighted by Gasteiger charge is -2.39. The third-order valence-electron chi connectivity index (χ3n) is 6.19. The number of benzene rings is 2. The van der Waals surface area contributed by atoms with Gasteiger partial charge in [-0.3, -0.25) is 14.5 Å². The van der Waals surface area contributed by atoms with E-state index in [1.807, 2.05) is 25.1 Å². The zero-order valence-electron chi connectivity index (χ0n) is 18.7. The Hall–Kier alpha value is -2.99. The number of aryl methyl sites for hydroxylation is 1. The minimum Gasteiger partial charge on any atom is -0.497 e. The maximum absolute atomic E-state index is 13.6. The van der Waals surface area contributed by atoms with Gasteiger partial charge in [0.25, 0.3) is 0 Å². The molecule has 2 aromatic rings. The summed E-state index contributed by atoms with van der Waals surface area (Å²) in [5.74, 6) is 1.33. The van der Waals surface area contributed by atoms with Gasteiger partial charge < -0.3 is 14.2 Å². The minimum atomic E-state index is -0.397. The number of nitrogens with zero attached hydrogens (tertiary/aromatic N) is 1. The van der Waals surface area contributed by atoms with E-state index >= 15 is 0 Å². The van der Waals surface area contributed by atoms with Crippen LogP contribution in [0.25, 0.3) is 0 Å². The number of hydrogen-bond donors (Lipinski definition) is 0. The van der Waals surface area contributed by atoms with Crippen LogP contribution in [-0.2, 0) is 9.59 Å². The van der Waals surface area contributed by atoms with E-state index < -0.39 is 5.92 Å². The van der Waals surface area contributed by atoms with Crippen LogP contribution in [0.1, 0.15) is 42.7 Å². The molecule has 0 fully saturated rings. The minimum absolute atomic E-state index is 0.0586. The Bertz CT molecular complexity index is 1120. The molecule has 4 rings (SSSR count).